The smallest absolute Gasteiger partial charge is 0.314 e. The van der Waals surface area contributed by atoms with Gasteiger partial charge in [0.15, 0.2) is 11.6 Å². The summed E-state index contributed by atoms with van der Waals surface area (Å²) in [6.07, 6.45) is 0. The van der Waals surface area contributed by atoms with Crippen LogP contribution in [0.5, 0.6) is 5.75 Å². The van der Waals surface area contributed by atoms with E-state index in [4.69, 9.17) is 10.5 Å². The summed E-state index contributed by atoms with van der Waals surface area (Å²) >= 11 is 0. The lowest BCUT2D eigenvalue weighted by atomic mass is 9.99. The molecule has 0 aliphatic rings. The Morgan fingerprint density at radius 3 is 2.69 bits per heavy atom. The number of ether oxygens (including phenoxy) is 2. The molecule has 0 heterocycles. The average Bonchev–Trinajstić information content (AvgIpc) is 2.31. The molecule has 1 rings (SSSR count). The zero-order valence-electron chi connectivity index (χ0n) is 9.20. The number of rotatable bonds is 4. The Hall–Kier alpha value is -1.62. The number of hydrogen-bond donors (Lipinski definition) is 1. The molecule has 0 spiro atoms. The number of esters is 1. The molecule has 0 aliphatic carbocycles. The molecule has 88 valence electrons. The van der Waals surface area contributed by atoms with E-state index >= 15 is 0 Å². The van der Waals surface area contributed by atoms with Crippen LogP contribution in [0.3, 0.4) is 0 Å². The van der Waals surface area contributed by atoms with Crippen LogP contribution in [0.15, 0.2) is 18.2 Å². The molecule has 1 aromatic rings. The Morgan fingerprint density at radius 2 is 2.19 bits per heavy atom. The lowest BCUT2D eigenvalue weighted by molar-refractivity contribution is -0.142. The number of halogens is 1. The molecule has 1 unspecified atom stereocenters. The van der Waals surface area contributed by atoms with Crippen LogP contribution < -0.4 is 10.5 Å². The second kappa shape index (κ2) is 5.46. The normalized spacial score (nSPS) is 12.0. The minimum atomic E-state index is -0.598. The lowest BCUT2D eigenvalue weighted by Crippen LogP contribution is -2.22. The summed E-state index contributed by atoms with van der Waals surface area (Å²) < 4.78 is 22.6. The maximum atomic E-state index is 13.1. The van der Waals surface area contributed by atoms with Gasteiger partial charge < -0.3 is 15.2 Å². The fourth-order valence-electron chi connectivity index (χ4n) is 1.40. The highest BCUT2D eigenvalue weighted by molar-refractivity contribution is 5.78. The van der Waals surface area contributed by atoms with Crippen LogP contribution in [0.1, 0.15) is 11.5 Å². The molecule has 0 bridgehead atoms. The molecule has 5 heteroatoms. The van der Waals surface area contributed by atoms with E-state index in [9.17, 15) is 9.18 Å². The summed E-state index contributed by atoms with van der Waals surface area (Å²) in [6.45, 7) is 0.0987. The number of carbonyl (C=O) groups excluding carboxylic acids is 1. The van der Waals surface area contributed by atoms with Crippen molar-refractivity contribution in [2.24, 2.45) is 5.73 Å². The van der Waals surface area contributed by atoms with Gasteiger partial charge in [-0.05, 0) is 17.7 Å². The topological polar surface area (TPSA) is 61.5 Å². The van der Waals surface area contributed by atoms with Gasteiger partial charge in [0.1, 0.15) is 0 Å². The van der Waals surface area contributed by atoms with E-state index in [1.807, 2.05) is 0 Å². The molecule has 0 radical (unpaired) electrons. The van der Waals surface area contributed by atoms with Crippen molar-refractivity contribution in [2.75, 3.05) is 20.8 Å². The van der Waals surface area contributed by atoms with E-state index in [1.54, 1.807) is 0 Å². The van der Waals surface area contributed by atoms with E-state index in [0.717, 1.165) is 0 Å². The molecule has 1 aromatic carbocycles. The molecule has 4 nitrogen and oxygen atoms in total. The van der Waals surface area contributed by atoms with Gasteiger partial charge in [0, 0.05) is 6.54 Å². The third kappa shape index (κ3) is 2.49. The predicted molar refractivity (Wildman–Crippen MR) is 56.8 cm³/mol. The van der Waals surface area contributed by atoms with Crippen molar-refractivity contribution < 1.29 is 18.7 Å². The number of benzene rings is 1. The summed E-state index contributed by atoms with van der Waals surface area (Å²) in [7, 11) is 2.64. The van der Waals surface area contributed by atoms with Crippen LogP contribution >= 0.6 is 0 Å². The lowest BCUT2D eigenvalue weighted by Gasteiger charge is -2.13. The van der Waals surface area contributed by atoms with Gasteiger partial charge in [-0.15, -0.1) is 0 Å². The molecule has 2 N–H and O–H groups in total. The second-order valence-electron chi connectivity index (χ2n) is 3.21. The molecule has 1 atom stereocenters. The summed E-state index contributed by atoms with van der Waals surface area (Å²) in [5, 5.41) is 0. The summed E-state index contributed by atoms with van der Waals surface area (Å²) in [4.78, 5) is 11.4. The van der Waals surface area contributed by atoms with Crippen molar-refractivity contribution in [2.45, 2.75) is 5.92 Å². The minimum absolute atomic E-state index is 0.0832. The van der Waals surface area contributed by atoms with Gasteiger partial charge in [0.2, 0.25) is 0 Å². The maximum absolute atomic E-state index is 13.1. The highest BCUT2D eigenvalue weighted by atomic mass is 19.1. The summed E-state index contributed by atoms with van der Waals surface area (Å²) in [6, 6.07) is 4.18. The highest BCUT2D eigenvalue weighted by Gasteiger charge is 2.20. The third-order valence-electron chi connectivity index (χ3n) is 2.30. The Labute approximate surface area is 93.2 Å². The van der Waals surface area contributed by atoms with Crippen molar-refractivity contribution >= 4 is 5.97 Å². The maximum Gasteiger partial charge on any atom is 0.314 e. The Morgan fingerprint density at radius 1 is 1.50 bits per heavy atom. The van der Waals surface area contributed by atoms with Gasteiger partial charge >= 0.3 is 5.97 Å². The molecule has 0 aliphatic heterocycles. The van der Waals surface area contributed by atoms with E-state index in [-0.39, 0.29) is 12.3 Å². The van der Waals surface area contributed by atoms with Crippen molar-refractivity contribution in [3.05, 3.63) is 29.6 Å². The number of methoxy groups -OCH3 is 2. The first-order chi connectivity index (χ1) is 7.63. The van der Waals surface area contributed by atoms with E-state index < -0.39 is 17.7 Å². The largest absolute Gasteiger partial charge is 0.494 e. The number of carbonyl (C=O) groups is 1. The predicted octanol–water partition coefficient (Wildman–Crippen LogP) is 1.05. The van der Waals surface area contributed by atoms with Gasteiger partial charge in [-0.3, -0.25) is 4.79 Å². The second-order valence-corrected chi connectivity index (χ2v) is 3.21. The van der Waals surface area contributed by atoms with Crippen molar-refractivity contribution in [1.29, 1.82) is 0 Å². The fourth-order valence-corrected chi connectivity index (χ4v) is 1.40. The van der Waals surface area contributed by atoms with Gasteiger partial charge in [0.25, 0.3) is 0 Å². The molecule has 16 heavy (non-hydrogen) atoms. The zero-order valence-corrected chi connectivity index (χ0v) is 9.20. The van der Waals surface area contributed by atoms with Crippen LogP contribution in [-0.4, -0.2) is 26.7 Å². The molecular formula is C11H14FNO3. The highest BCUT2D eigenvalue weighted by Crippen LogP contribution is 2.24. The number of hydrogen-bond acceptors (Lipinski definition) is 4. The van der Waals surface area contributed by atoms with E-state index in [2.05, 4.69) is 4.74 Å². The third-order valence-corrected chi connectivity index (χ3v) is 2.30. The Kier molecular flexibility index (Phi) is 4.25. The van der Waals surface area contributed by atoms with Gasteiger partial charge in [-0.25, -0.2) is 4.39 Å². The number of nitrogens with two attached hydrogens (primary N) is 1. The molecule has 0 saturated carbocycles. The molecule has 0 aromatic heterocycles. The van der Waals surface area contributed by atoms with Crippen molar-refractivity contribution in [3.63, 3.8) is 0 Å². The Balaban J connectivity index is 3.06. The van der Waals surface area contributed by atoms with Gasteiger partial charge in [0.05, 0.1) is 20.1 Å². The van der Waals surface area contributed by atoms with Gasteiger partial charge in [-0.2, -0.15) is 0 Å². The van der Waals surface area contributed by atoms with E-state index in [0.29, 0.717) is 5.56 Å². The first-order valence-corrected chi connectivity index (χ1v) is 4.75. The standard InChI is InChI=1S/C11H14FNO3/c1-15-10-5-7(3-4-9(10)12)8(6-13)11(14)16-2/h3-5,8H,6,13H2,1-2H3. The zero-order chi connectivity index (χ0) is 12.1. The first-order valence-electron chi connectivity index (χ1n) is 4.75. The van der Waals surface area contributed by atoms with Crippen LogP contribution in [0.4, 0.5) is 4.39 Å². The molecule has 0 saturated heterocycles. The summed E-state index contributed by atoms with van der Waals surface area (Å²) in [5.74, 6) is -1.44. The molecule has 0 amide bonds. The average molecular weight is 227 g/mol. The SMILES string of the molecule is COC(=O)C(CN)c1ccc(F)c(OC)c1. The Bertz CT molecular complexity index is 381. The van der Waals surface area contributed by atoms with Crippen LogP contribution in [0.2, 0.25) is 0 Å². The van der Waals surface area contributed by atoms with E-state index in [1.165, 1.54) is 32.4 Å². The van der Waals surface area contributed by atoms with Gasteiger partial charge in [-0.1, -0.05) is 6.07 Å². The molecule has 0 fully saturated rings. The minimum Gasteiger partial charge on any atom is -0.494 e. The fraction of sp³-hybridized carbons (Fsp3) is 0.364. The van der Waals surface area contributed by atoms with Crippen molar-refractivity contribution in [1.82, 2.24) is 0 Å². The first kappa shape index (κ1) is 12.4. The summed E-state index contributed by atoms with van der Waals surface area (Å²) in [5.41, 5.74) is 6.05. The van der Waals surface area contributed by atoms with Crippen LogP contribution in [-0.2, 0) is 9.53 Å². The monoisotopic (exact) mass is 227 g/mol. The van der Waals surface area contributed by atoms with Crippen LogP contribution in [0.25, 0.3) is 0 Å². The van der Waals surface area contributed by atoms with Crippen LogP contribution in [0, 0.1) is 5.82 Å². The van der Waals surface area contributed by atoms with Crippen molar-refractivity contribution in [3.8, 4) is 5.75 Å². The molecular weight excluding hydrogens is 213 g/mol. The quantitative estimate of drug-likeness (QED) is 0.781.